The minimum Gasteiger partial charge on any atom is -0.380 e. The molecule has 0 aliphatic rings. The maximum absolute atomic E-state index is 4.80. The number of nitrogens with one attached hydrogen (secondary N) is 1. The van der Waals surface area contributed by atoms with E-state index >= 15 is 0 Å². The first kappa shape index (κ1) is 12.6. The first-order chi connectivity index (χ1) is 4.77. The third-order valence-corrected chi connectivity index (χ3v) is 1.05. The van der Waals surface area contributed by atoms with E-state index in [2.05, 4.69) is 12.2 Å². The third-order valence-electron chi connectivity index (χ3n) is 0.904. The van der Waals surface area contributed by atoms with Gasteiger partial charge in [0.1, 0.15) is 0 Å². The maximum Gasteiger partial charge on any atom is 0.0721 e. The molecule has 0 bridgehead atoms. The molecule has 0 aromatic rings. The van der Waals surface area contributed by atoms with Crippen molar-refractivity contribution in [3.63, 3.8) is 0 Å². The Morgan fingerprint density at radius 3 is 2.20 bits per heavy atom. The first-order valence-electron chi connectivity index (χ1n) is 4.01. The number of hydrogen-bond donors (Lipinski definition) is 1. The van der Waals surface area contributed by atoms with Gasteiger partial charge in [-0.3, -0.25) is 0 Å². The number of unbranched alkanes of at least 4 members (excludes halogenated alkanes) is 1. The van der Waals surface area contributed by atoms with Crippen LogP contribution < -0.4 is 5.32 Å². The average Bonchev–Trinajstić information content (AvgIpc) is 1.92. The van der Waals surface area contributed by atoms with E-state index < -0.39 is 0 Å². The van der Waals surface area contributed by atoms with Gasteiger partial charge in [-0.15, -0.1) is 0 Å². The number of rotatable bonds is 3. The average molecular weight is 161 g/mol. The lowest BCUT2D eigenvalue weighted by Gasteiger charge is -1.99. The number of hydrogen-bond acceptors (Lipinski definition) is 1. The standard InChI is InChI=1S/C6H13NS.C2H6/c1-3-4-5-7-6(2)8;1-2/h3-5H2,1-2H3,(H,7,8);1-2H3. The Hall–Kier alpha value is -0.110. The number of thiocarbonyl (C=S) groups is 1. The molecule has 0 saturated carbocycles. The monoisotopic (exact) mass is 161 g/mol. The fraction of sp³-hybridized carbons (Fsp3) is 0.875. The van der Waals surface area contributed by atoms with E-state index in [9.17, 15) is 0 Å². The van der Waals surface area contributed by atoms with Crippen molar-refractivity contribution >= 4 is 17.2 Å². The summed E-state index contributed by atoms with van der Waals surface area (Å²) in [5, 5.41) is 3.08. The van der Waals surface area contributed by atoms with E-state index in [0.717, 1.165) is 11.5 Å². The smallest absolute Gasteiger partial charge is 0.0721 e. The maximum atomic E-state index is 4.80. The Morgan fingerprint density at radius 2 is 1.90 bits per heavy atom. The summed E-state index contributed by atoms with van der Waals surface area (Å²) in [6.07, 6.45) is 2.45. The summed E-state index contributed by atoms with van der Waals surface area (Å²) in [6.45, 7) is 9.11. The fourth-order valence-electron chi connectivity index (χ4n) is 0.441. The normalized spacial score (nSPS) is 7.60. The molecule has 0 spiro atoms. The Morgan fingerprint density at radius 1 is 1.40 bits per heavy atom. The van der Waals surface area contributed by atoms with Gasteiger partial charge in [-0.2, -0.15) is 0 Å². The van der Waals surface area contributed by atoms with Crippen LogP contribution >= 0.6 is 12.2 Å². The Labute approximate surface area is 70.2 Å². The lowest BCUT2D eigenvalue weighted by Crippen LogP contribution is -2.18. The van der Waals surface area contributed by atoms with Crippen LogP contribution in [0.25, 0.3) is 0 Å². The highest BCUT2D eigenvalue weighted by Crippen LogP contribution is 1.81. The summed E-state index contributed by atoms with van der Waals surface area (Å²) in [7, 11) is 0. The molecule has 0 aromatic heterocycles. The minimum atomic E-state index is 0.901. The van der Waals surface area contributed by atoms with Crippen molar-refractivity contribution < 1.29 is 0 Å². The van der Waals surface area contributed by atoms with Crippen molar-refractivity contribution in [3.05, 3.63) is 0 Å². The van der Waals surface area contributed by atoms with Crippen LogP contribution in [-0.2, 0) is 0 Å². The van der Waals surface area contributed by atoms with Gasteiger partial charge in [-0.25, -0.2) is 0 Å². The van der Waals surface area contributed by atoms with Gasteiger partial charge in [0.15, 0.2) is 0 Å². The SMILES string of the molecule is CC.CCCCNC(C)=S. The minimum absolute atomic E-state index is 0.901. The van der Waals surface area contributed by atoms with Crippen LogP contribution in [-0.4, -0.2) is 11.5 Å². The lowest BCUT2D eigenvalue weighted by molar-refractivity contribution is 0.758. The molecule has 10 heavy (non-hydrogen) atoms. The summed E-state index contributed by atoms with van der Waals surface area (Å²) in [6, 6.07) is 0. The Kier molecular flexibility index (Phi) is 14.6. The molecule has 0 radical (unpaired) electrons. The largest absolute Gasteiger partial charge is 0.380 e. The molecule has 0 saturated heterocycles. The molecule has 0 aromatic carbocycles. The van der Waals surface area contributed by atoms with Crippen LogP contribution in [0.1, 0.15) is 40.5 Å². The molecule has 62 valence electrons. The molecule has 0 atom stereocenters. The second-order valence-corrected chi connectivity index (χ2v) is 2.45. The molecule has 1 N–H and O–H groups in total. The Balaban J connectivity index is 0. The molecule has 2 heteroatoms. The van der Waals surface area contributed by atoms with E-state index in [1.54, 1.807) is 0 Å². The summed E-state index contributed by atoms with van der Waals surface area (Å²) in [4.78, 5) is 0.901. The van der Waals surface area contributed by atoms with Gasteiger partial charge in [-0.05, 0) is 13.3 Å². The van der Waals surface area contributed by atoms with Crippen molar-refractivity contribution in [2.75, 3.05) is 6.54 Å². The van der Waals surface area contributed by atoms with Crippen LogP contribution in [0.15, 0.2) is 0 Å². The molecule has 0 amide bonds. The summed E-state index contributed by atoms with van der Waals surface area (Å²) >= 11 is 4.80. The Bertz CT molecular complexity index is 71.7. The molecular weight excluding hydrogens is 142 g/mol. The van der Waals surface area contributed by atoms with Gasteiger partial charge in [0.05, 0.1) is 4.99 Å². The first-order valence-corrected chi connectivity index (χ1v) is 4.42. The molecule has 0 heterocycles. The van der Waals surface area contributed by atoms with Gasteiger partial charge in [0.25, 0.3) is 0 Å². The zero-order chi connectivity index (χ0) is 8.41. The topological polar surface area (TPSA) is 12.0 Å². The zero-order valence-electron chi connectivity index (χ0n) is 7.53. The van der Waals surface area contributed by atoms with Crippen LogP contribution in [0.2, 0.25) is 0 Å². The highest BCUT2D eigenvalue weighted by molar-refractivity contribution is 7.80. The van der Waals surface area contributed by atoms with Gasteiger partial charge in [0.2, 0.25) is 0 Å². The predicted octanol–water partition coefficient (Wildman–Crippen LogP) is 2.75. The summed E-state index contributed by atoms with van der Waals surface area (Å²) in [5.41, 5.74) is 0. The van der Waals surface area contributed by atoms with Crippen molar-refractivity contribution in [3.8, 4) is 0 Å². The molecule has 0 unspecified atom stereocenters. The highest BCUT2D eigenvalue weighted by atomic mass is 32.1. The van der Waals surface area contributed by atoms with Gasteiger partial charge < -0.3 is 5.32 Å². The van der Waals surface area contributed by atoms with E-state index in [0.29, 0.717) is 0 Å². The quantitative estimate of drug-likeness (QED) is 0.504. The lowest BCUT2D eigenvalue weighted by atomic mass is 10.3. The highest BCUT2D eigenvalue weighted by Gasteiger charge is 1.82. The van der Waals surface area contributed by atoms with E-state index in [1.165, 1.54) is 12.8 Å². The van der Waals surface area contributed by atoms with Gasteiger partial charge in [-0.1, -0.05) is 39.4 Å². The third kappa shape index (κ3) is 15.7. The summed E-state index contributed by atoms with van der Waals surface area (Å²) < 4.78 is 0. The van der Waals surface area contributed by atoms with Crippen molar-refractivity contribution in [1.82, 2.24) is 5.32 Å². The van der Waals surface area contributed by atoms with E-state index in [4.69, 9.17) is 12.2 Å². The van der Waals surface area contributed by atoms with Crippen molar-refractivity contribution in [2.45, 2.75) is 40.5 Å². The molecular formula is C8H19NS. The molecule has 1 nitrogen and oxygen atoms in total. The molecule has 0 rings (SSSR count). The van der Waals surface area contributed by atoms with Gasteiger partial charge >= 0.3 is 0 Å². The summed E-state index contributed by atoms with van der Waals surface area (Å²) in [5.74, 6) is 0. The van der Waals surface area contributed by atoms with Crippen molar-refractivity contribution in [2.24, 2.45) is 0 Å². The van der Waals surface area contributed by atoms with Crippen LogP contribution in [0.3, 0.4) is 0 Å². The molecule has 0 aliphatic heterocycles. The molecule has 0 aliphatic carbocycles. The van der Waals surface area contributed by atoms with E-state index in [1.807, 2.05) is 20.8 Å². The van der Waals surface area contributed by atoms with Crippen LogP contribution in [0, 0.1) is 0 Å². The fourth-order valence-corrected chi connectivity index (χ4v) is 0.543. The second-order valence-electron chi connectivity index (χ2n) is 1.84. The van der Waals surface area contributed by atoms with Gasteiger partial charge in [0, 0.05) is 6.54 Å². The van der Waals surface area contributed by atoms with Crippen molar-refractivity contribution in [1.29, 1.82) is 0 Å². The second kappa shape index (κ2) is 11.7. The van der Waals surface area contributed by atoms with Crippen LogP contribution in [0.4, 0.5) is 0 Å². The van der Waals surface area contributed by atoms with Crippen LogP contribution in [0.5, 0.6) is 0 Å². The molecule has 0 fully saturated rings. The van der Waals surface area contributed by atoms with E-state index in [-0.39, 0.29) is 0 Å². The zero-order valence-corrected chi connectivity index (χ0v) is 8.35. The predicted molar refractivity (Wildman–Crippen MR) is 52.5 cm³/mol.